The summed E-state index contributed by atoms with van der Waals surface area (Å²) in [6.07, 6.45) is 0.998. The molecule has 3 nitrogen and oxygen atoms in total. The number of halogens is 1. The Morgan fingerprint density at radius 1 is 1.04 bits per heavy atom. The van der Waals surface area contributed by atoms with E-state index >= 15 is 0 Å². The summed E-state index contributed by atoms with van der Waals surface area (Å²) in [5, 5.41) is 0.608. The van der Waals surface area contributed by atoms with Crippen molar-refractivity contribution < 1.29 is 4.79 Å². The zero-order chi connectivity index (χ0) is 16.9. The molecule has 1 amide bonds. The molecule has 0 unspecified atom stereocenters. The molecule has 126 valence electrons. The lowest BCUT2D eigenvalue weighted by molar-refractivity contribution is 0.0761. The van der Waals surface area contributed by atoms with Crippen LogP contribution >= 0.6 is 11.6 Å². The molecule has 1 saturated heterocycles. The quantitative estimate of drug-likeness (QED) is 0.841. The van der Waals surface area contributed by atoms with Crippen LogP contribution < -0.4 is 0 Å². The van der Waals surface area contributed by atoms with E-state index in [0.717, 1.165) is 39.1 Å². The average Bonchev–Trinajstić information content (AvgIpc) is 2.82. The minimum Gasteiger partial charge on any atom is -0.337 e. The molecule has 0 aliphatic carbocycles. The Balaban J connectivity index is 1.63. The van der Waals surface area contributed by atoms with E-state index in [9.17, 15) is 4.79 Å². The van der Waals surface area contributed by atoms with Gasteiger partial charge in [0.25, 0.3) is 5.91 Å². The van der Waals surface area contributed by atoms with Crippen LogP contribution in [0, 0.1) is 6.92 Å². The maximum Gasteiger partial charge on any atom is 0.253 e. The van der Waals surface area contributed by atoms with Gasteiger partial charge in [-0.2, -0.15) is 0 Å². The highest BCUT2D eigenvalue weighted by Crippen LogP contribution is 2.16. The molecule has 0 radical (unpaired) electrons. The number of aryl methyl sites for hydroxylation is 1. The van der Waals surface area contributed by atoms with Crippen molar-refractivity contribution >= 4 is 17.5 Å². The molecule has 4 heteroatoms. The zero-order valence-corrected chi connectivity index (χ0v) is 14.8. The fourth-order valence-corrected chi connectivity index (χ4v) is 3.35. The lowest BCUT2D eigenvalue weighted by atomic mass is 10.1. The number of benzene rings is 2. The smallest absolute Gasteiger partial charge is 0.253 e. The molecule has 3 rings (SSSR count). The molecule has 1 aliphatic heterocycles. The van der Waals surface area contributed by atoms with E-state index in [2.05, 4.69) is 36.1 Å². The first-order valence-electron chi connectivity index (χ1n) is 8.45. The third-order valence-corrected chi connectivity index (χ3v) is 4.84. The number of amides is 1. The highest BCUT2D eigenvalue weighted by Gasteiger charge is 2.20. The van der Waals surface area contributed by atoms with Crippen LogP contribution in [0.5, 0.6) is 0 Å². The predicted molar refractivity (Wildman–Crippen MR) is 98.4 cm³/mol. The summed E-state index contributed by atoms with van der Waals surface area (Å²) in [5.41, 5.74) is 3.37. The molecule has 1 aliphatic rings. The number of carbonyl (C=O) groups is 1. The van der Waals surface area contributed by atoms with E-state index in [1.165, 1.54) is 11.1 Å². The zero-order valence-electron chi connectivity index (χ0n) is 14.0. The highest BCUT2D eigenvalue weighted by atomic mass is 35.5. The Kier molecular flexibility index (Phi) is 5.54. The van der Waals surface area contributed by atoms with Gasteiger partial charge in [0, 0.05) is 43.3 Å². The fourth-order valence-electron chi connectivity index (χ4n) is 3.16. The molecule has 2 aromatic carbocycles. The van der Waals surface area contributed by atoms with Gasteiger partial charge in [-0.3, -0.25) is 9.69 Å². The summed E-state index contributed by atoms with van der Waals surface area (Å²) in [6.45, 7) is 6.59. The van der Waals surface area contributed by atoms with E-state index < -0.39 is 0 Å². The summed E-state index contributed by atoms with van der Waals surface area (Å²) in [5.74, 6) is 0.0789. The Morgan fingerprint density at radius 3 is 2.67 bits per heavy atom. The van der Waals surface area contributed by atoms with Crippen LogP contribution in [0.2, 0.25) is 5.02 Å². The molecule has 1 heterocycles. The molecular formula is C20H23ClN2O. The Labute approximate surface area is 148 Å². The SMILES string of the molecule is Cc1ccccc1CN1CCCN(C(=O)c2cccc(Cl)c2)CC1. The molecule has 2 aromatic rings. The number of hydrogen-bond donors (Lipinski definition) is 0. The predicted octanol–water partition coefficient (Wildman–Crippen LogP) is 4.00. The van der Waals surface area contributed by atoms with Crippen molar-refractivity contribution in [3.05, 3.63) is 70.2 Å². The Morgan fingerprint density at radius 2 is 1.88 bits per heavy atom. The van der Waals surface area contributed by atoms with Crippen molar-refractivity contribution in [2.75, 3.05) is 26.2 Å². The van der Waals surface area contributed by atoms with E-state index in [4.69, 9.17) is 11.6 Å². The summed E-state index contributed by atoms with van der Waals surface area (Å²) < 4.78 is 0. The van der Waals surface area contributed by atoms with E-state index in [0.29, 0.717) is 10.6 Å². The van der Waals surface area contributed by atoms with Crippen LogP contribution in [0.4, 0.5) is 0 Å². The lowest BCUT2D eigenvalue weighted by Gasteiger charge is -2.22. The molecule has 0 saturated carbocycles. The first-order chi connectivity index (χ1) is 11.6. The minimum absolute atomic E-state index is 0.0789. The standard InChI is InChI=1S/C20H23ClN2O/c1-16-6-2-3-7-18(16)15-22-10-5-11-23(13-12-22)20(24)17-8-4-9-19(21)14-17/h2-4,6-9,14H,5,10-13,15H2,1H3. The van der Waals surface area contributed by atoms with Gasteiger partial charge in [-0.05, 0) is 42.7 Å². The van der Waals surface area contributed by atoms with Crippen LogP contribution in [-0.2, 0) is 6.54 Å². The number of nitrogens with zero attached hydrogens (tertiary/aromatic N) is 2. The van der Waals surface area contributed by atoms with Crippen molar-refractivity contribution in [2.45, 2.75) is 19.9 Å². The van der Waals surface area contributed by atoms with Crippen LogP contribution in [-0.4, -0.2) is 41.9 Å². The number of rotatable bonds is 3. The van der Waals surface area contributed by atoms with Crippen molar-refractivity contribution in [3.8, 4) is 0 Å². The van der Waals surface area contributed by atoms with E-state index in [1.54, 1.807) is 12.1 Å². The Hall–Kier alpha value is -1.84. The molecule has 0 aromatic heterocycles. The summed E-state index contributed by atoms with van der Waals surface area (Å²) in [4.78, 5) is 17.1. The normalized spacial score (nSPS) is 16.0. The van der Waals surface area contributed by atoms with Crippen LogP contribution in [0.1, 0.15) is 27.9 Å². The second kappa shape index (κ2) is 7.82. The molecule has 0 N–H and O–H groups in total. The molecule has 1 fully saturated rings. The van der Waals surface area contributed by atoms with Gasteiger partial charge in [-0.15, -0.1) is 0 Å². The number of carbonyl (C=O) groups excluding carboxylic acids is 1. The van der Waals surface area contributed by atoms with Gasteiger partial charge in [0.1, 0.15) is 0 Å². The van der Waals surface area contributed by atoms with Crippen molar-refractivity contribution in [2.24, 2.45) is 0 Å². The third-order valence-electron chi connectivity index (χ3n) is 4.60. The van der Waals surface area contributed by atoms with Crippen LogP contribution in [0.3, 0.4) is 0 Å². The van der Waals surface area contributed by atoms with Crippen LogP contribution in [0.15, 0.2) is 48.5 Å². The topological polar surface area (TPSA) is 23.6 Å². The van der Waals surface area contributed by atoms with Gasteiger partial charge < -0.3 is 4.90 Å². The number of hydrogen-bond acceptors (Lipinski definition) is 2. The third kappa shape index (κ3) is 4.16. The van der Waals surface area contributed by atoms with E-state index in [-0.39, 0.29) is 5.91 Å². The van der Waals surface area contributed by atoms with Crippen LogP contribution in [0.25, 0.3) is 0 Å². The second-order valence-electron chi connectivity index (χ2n) is 6.36. The lowest BCUT2D eigenvalue weighted by Crippen LogP contribution is -2.35. The summed E-state index contributed by atoms with van der Waals surface area (Å²) in [7, 11) is 0. The van der Waals surface area contributed by atoms with Gasteiger partial charge in [-0.1, -0.05) is 41.9 Å². The van der Waals surface area contributed by atoms with Gasteiger partial charge in [0.15, 0.2) is 0 Å². The maximum atomic E-state index is 12.7. The first-order valence-corrected chi connectivity index (χ1v) is 8.83. The molecule has 0 bridgehead atoms. The molecule has 0 spiro atoms. The van der Waals surface area contributed by atoms with Crippen molar-refractivity contribution in [1.82, 2.24) is 9.80 Å². The summed E-state index contributed by atoms with van der Waals surface area (Å²) >= 11 is 6.01. The van der Waals surface area contributed by atoms with Crippen molar-refractivity contribution in [1.29, 1.82) is 0 Å². The largest absolute Gasteiger partial charge is 0.337 e. The van der Waals surface area contributed by atoms with Crippen molar-refractivity contribution in [3.63, 3.8) is 0 Å². The Bertz CT molecular complexity index is 716. The highest BCUT2D eigenvalue weighted by molar-refractivity contribution is 6.30. The first kappa shape index (κ1) is 17.0. The molecule has 24 heavy (non-hydrogen) atoms. The van der Waals surface area contributed by atoms with Gasteiger partial charge >= 0.3 is 0 Å². The fraction of sp³-hybridized carbons (Fsp3) is 0.350. The minimum atomic E-state index is 0.0789. The van der Waals surface area contributed by atoms with Gasteiger partial charge in [-0.25, -0.2) is 0 Å². The van der Waals surface area contributed by atoms with Gasteiger partial charge in [0.05, 0.1) is 0 Å². The summed E-state index contributed by atoms with van der Waals surface area (Å²) in [6, 6.07) is 15.7. The monoisotopic (exact) mass is 342 g/mol. The van der Waals surface area contributed by atoms with Gasteiger partial charge in [0.2, 0.25) is 0 Å². The van der Waals surface area contributed by atoms with E-state index in [1.807, 2.05) is 17.0 Å². The molecular weight excluding hydrogens is 320 g/mol. The molecule has 0 atom stereocenters. The maximum absolute atomic E-state index is 12.7. The second-order valence-corrected chi connectivity index (χ2v) is 6.80. The average molecular weight is 343 g/mol.